The molecule has 3 aromatic carbocycles. The average molecular weight is 566 g/mol. The molecule has 5 nitrogen and oxygen atoms in total. The van der Waals surface area contributed by atoms with Crippen molar-refractivity contribution in [1.29, 1.82) is 5.26 Å². The number of carbonyl (C=O) groups is 1. The van der Waals surface area contributed by atoms with Crippen LogP contribution < -0.4 is 14.8 Å². The van der Waals surface area contributed by atoms with Crippen molar-refractivity contribution < 1.29 is 14.3 Å². The van der Waals surface area contributed by atoms with Crippen molar-refractivity contribution >= 4 is 40.3 Å². The summed E-state index contributed by atoms with van der Waals surface area (Å²) >= 11 is 2.19. The van der Waals surface area contributed by atoms with Gasteiger partial charge >= 0.3 is 0 Å². The fourth-order valence-electron chi connectivity index (χ4n) is 3.42. The molecule has 34 heavy (non-hydrogen) atoms. The molecule has 0 heterocycles. The highest BCUT2D eigenvalue weighted by molar-refractivity contribution is 14.1. The number of ether oxygens (including phenoxy) is 2. The summed E-state index contributed by atoms with van der Waals surface area (Å²) in [6, 6.07) is 19.5. The lowest BCUT2D eigenvalue weighted by Gasteiger charge is -2.15. The second kappa shape index (κ2) is 11.7. The van der Waals surface area contributed by atoms with Crippen molar-refractivity contribution in [3.63, 3.8) is 0 Å². The fraction of sp³-hybridized carbons (Fsp3) is 0.214. The van der Waals surface area contributed by atoms with Gasteiger partial charge < -0.3 is 14.8 Å². The zero-order valence-corrected chi connectivity index (χ0v) is 21.9. The predicted molar refractivity (Wildman–Crippen MR) is 144 cm³/mol. The van der Waals surface area contributed by atoms with Crippen LogP contribution in [0.25, 0.3) is 6.08 Å². The van der Waals surface area contributed by atoms with Crippen molar-refractivity contribution in [2.24, 2.45) is 0 Å². The van der Waals surface area contributed by atoms with Gasteiger partial charge in [0.2, 0.25) is 0 Å². The quantitative estimate of drug-likeness (QED) is 0.186. The molecular weight excluding hydrogens is 539 g/mol. The molecule has 0 aliphatic rings. The minimum absolute atomic E-state index is 0.00702. The molecule has 3 aromatic rings. The number of amides is 1. The maximum absolute atomic E-state index is 12.8. The van der Waals surface area contributed by atoms with Gasteiger partial charge in [-0.05, 0) is 96.8 Å². The van der Waals surface area contributed by atoms with Gasteiger partial charge in [0.05, 0.1) is 10.2 Å². The lowest BCUT2D eigenvalue weighted by atomic mass is 10.1. The molecule has 6 heteroatoms. The topological polar surface area (TPSA) is 71.3 Å². The van der Waals surface area contributed by atoms with E-state index >= 15 is 0 Å². The Morgan fingerprint density at radius 1 is 1.09 bits per heavy atom. The number of hydrogen-bond acceptors (Lipinski definition) is 4. The monoisotopic (exact) mass is 566 g/mol. The zero-order chi connectivity index (χ0) is 24.7. The highest BCUT2D eigenvalue weighted by atomic mass is 127. The molecule has 0 bridgehead atoms. The maximum atomic E-state index is 12.8. The number of nitrogens with zero attached hydrogens (tertiary/aromatic N) is 1. The number of nitriles is 1. The first kappa shape index (κ1) is 25.3. The summed E-state index contributed by atoms with van der Waals surface area (Å²) in [5.74, 6) is 0.754. The average Bonchev–Trinajstić information content (AvgIpc) is 2.80. The molecular formula is C28H27IN2O3. The number of nitrogens with one attached hydrogen (secondary N) is 1. The Bertz CT molecular complexity index is 1280. The van der Waals surface area contributed by atoms with Crippen LogP contribution in [-0.4, -0.2) is 12.5 Å². The summed E-state index contributed by atoms with van der Waals surface area (Å²) in [7, 11) is 0. The van der Waals surface area contributed by atoms with Crippen molar-refractivity contribution in [2.75, 3.05) is 11.9 Å². The molecule has 0 unspecified atom stereocenters. The van der Waals surface area contributed by atoms with E-state index < -0.39 is 5.91 Å². The molecule has 1 N–H and O–H groups in total. The summed E-state index contributed by atoms with van der Waals surface area (Å²) in [5.41, 5.74) is 5.65. The van der Waals surface area contributed by atoms with Crippen LogP contribution in [0, 0.1) is 35.7 Å². The minimum atomic E-state index is -0.455. The molecule has 0 atom stereocenters. The molecule has 0 fully saturated rings. The number of halogens is 1. The van der Waals surface area contributed by atoms with Gasteiger partial charge in [-0.3, -0.25) is 4.79 Å². The van der Waals surface area contributed by atoms with E-state index in [0.717, 1.165) is 20.3 Å². The first-order valence-corrected chi connectivity index (χ1v) is 12.0. The van der Waals surface area contributed by atoms with Crippen LogP contribution in [0.15, 0.2) is 60.2 Å². The minimum Gasteiger partial charge on any atom is -0.490 e. The Balaban J connectivity index is 1.86. The highest BCUT2D eigenvalue weighted by Crippen LogP contribution is 2.35. The van der Waals surface area contributed by atoms with Gasteiger partial charge in [-0.25, -0.2) is 0 Å². The molecule has 0 aliphatic heterocycles. The van der Waals surface area contributed by atoms with Crippen LogP contribution in [0.5, 0.6) is 11.5 Å². The van der Waals surface area contributed by atoms with Gasteiger partial charge in [0.15, 0.2) is 11.5 Å². The second-order valence-corrected chi connectivity index (χ2v) is 9.07. The van der Waals surface area contributed by atoms with Gasteiger partial charge in [0.1, 0.15) is 18.2 Å². The lowest BCUT2D eigenvalue weighted by molar-refractivity contribution is -0.112. The first-order chi connectivity index (χ1) is 16.3. The Morgan fingerprint density at radius 2 is 1.85 bits per heavy atom. The van der Waals surface area contributed by atoms with E-state index in [4.69, 9.17) is 9.47 Å². The molecule has 0 saturated heterocycles. The van der Waals surface area contributed by atoms with E-state index in [0.29, 0.717) is 36.0 Å². The van der Waals surface area contributed by atoms with Crippen LogP contribution >= 0.6 is 22.6 Å². The third-order valence-electron chi connectivity index (χ3n) is 5.33. The van der Waals surface area contributed by atoms with E-state index in [9.17, 15) is 10.1 Å². The van der Waals surface area contributed by atoms with E-state index in [1.165, 1.54) is 5.56 Å². The summed E-state index contributed by atoms with van der Waals surface area (Å²) in [4.78, 5) is 12.8. The molecule has 0 radical (unpaired) electrons. The van der Waals surface area contributed by atoms with Crippen molar-refractivity contribution in [2.45, 2.75) is 34.3 Å². The van der Waals surface area contributed by atoms with E-state index in [1.54, 1.807) is 12.1 Å². The number of hydrogen-bond donors (Lipinski definition) is 1. The van der Waals surface area contributed by atoms with Crippen LogP contribution in [0.4, 0.5) is 5.69 Å². The summed E-state index contributed by atoms with van der Waals surface area (Å²) in [6.07, 6.45) is 1.56. The number of rotatable bonds is 8. The van der Waals surface area contributed by atoms with Crippen molar-refractivity contribution in [3.05, 3.63) is 91.6 Å². The smallest absolute Gasteiger partial charge is 0.266 e. The van der Waals surface area contributed by atoms with Crippen LogP contribution in [-0.2, 0) is 11.4 Å². The lowest BCUT2D eigenvalue weighted by Crippen LogP contribution is -2.14. The molecule has 3 rings (SSSR count). The third kappa shape index (κ3) is 6.39. The molecule has 174 valence electrons. The summed E-state index contributed by atoms with van der Waals surface area (Å²) in [6.45, 7) is 8.73. The second-order valence-electron chi connectivity index (χ2n) is 7.91. The highest BCUT2D eigenvalue weighted by Gasteiger charge is 2.15. The third-order valence-corrected chi connectivity index (χ3v) is 6.13. The fourth-order valence-corrected chi connectivity index (χ4v) is 4.20. The van der Waals surface area contributed by atoms with E-state index in [2.05, 4.69) is 34.0 Å². The Kier molecular flexibility index (Phi) is 8.72. The molecule has 1 amide bonds. The number of benzene rings is 3. The zero-order valence-electron chi connectivity index (χ0n) is 19.7. The molecule has 0 aliphatic carbocycles. The number of anilines is 1. The Labute approximate surface area is 214 Å². The van der Waals surface area contributed by atoms with Gasteiger partial charge in [0.25, 0.3) is 5.91 Å². The number of aryl methyl sites for hydroxylation is 2. The predicted octanol–water partition coefficient (Wildman–Crippen LogP) is 6.74. The summed E-state index contributed by atoms with van der Waals surface area (Å²) in [5, 5.41) is 12.5. The number of carbonyl (C=O) groups excluding carboxylic acids is 1. The van der Waals surface area contributed by atoms with Crippen LogP contribution in [0.3, 0.4) is 0 Å². The summed E-state index contributed by atoms with van der Waals surface area (Å²) < 4.78 is 12.8. The van der Waals surface area contributed by atoms with Gasteiger partial charge in [-0.1, -0.05) is 42.0 Å². The van der Waals surface area contributed by atoms with Crippen molar-refractivity contribution in [1.82, 2.24) is 0 Å². The molecule has 0 spiro atoms. The molecule has 0 aromatic heterocycles. The van der Waals surface area contributed by atoms with Gasteiger partial charge in [-0.2, -0.15) is 5.26 Å². The van der Waals surface area contributed by atoms with Gasteiger partial charge in [0, 0.05) is 5.69 Å². The first-order valence-electron chi connectivity index (χ1n) is 11.0. The van der Waals surface area contributed by atoms with Gasteiger partial charge in [-0.15, -0.1) is 0 Å². The largest absolute Gasteiger partial charge is 0.490 e. The normalized spacial score (nSPS) is 11.0. The van der Waals surface area contributed by atoms with E-state index in [-0.39, 0.29) is 5.57 Å². The SMILES string of the molecule is CCOc1cc(/C=C(\C#N)C(=O)Nc2cccc(C)c2C)cc(I)c1OCc1cccc(C)c1. The van der Waals surface area contributed by atoms with Crippen LogP contribution in [0.1, 0.15) is 34.7 Å². The maximum Gasteiger partial charge on any atom is 0.266 e. The Hall–Kier alpha value is -3.31. The molecule has 0 saturated carbocycles. The van der Waals surface area contributed by atoms with Crippen LogP contribution in [0.2, 0.25) is 0 Å². The van der Waals surface area contributed by atoms with Crippen molar-refractivity contribution in [3.8, 4) is 17.6 Å². The standard InChI is InChI=1S/C28H27IN2O3/c1-5-33-26-15-22(14-24(29)27(26)34-17-21-10-6-8-18(2)12-21)13-23(16-30)28(32)31-25-11-7-9-19(3)20(25)4/h6-15H,5,17H2,1-4H3,(H,31,32)/b23-13+. The van der Waals surface area contributed by atoms with E-state index in [1.807, 2.05) is 76.2 Å². The Morgan fingerprint density at radius 3 is 2.56 bits per heavy atom.